The SMILES string of the molecule is O=C(NCCCOCCO)C1CCC(c2ccccc2)CC1. The Morgan fingerprint density at radius 1 is 1.14 bits per heavy atom. The van der Waals surface area contributed by atoms with Gasteiger partial charge in [0.1, 0.15) is 0 Å². The van der Waals surface area contributed by atoms with Crippen LogP contribution in [0.15, 0.2) is 30.3 Å². The van der Waals surface area contributed by atoms with Crippen LogP contribution in [0.5, 0.6) is 0 Å². The molecule has 0 aliphatic heterocycles. The van der Waals surface area contributed by atoms with Crippen LogP contribution in [-0.4, -0.2) is 37.4 Å². The number of hydrogen-bond acceptors (Lipinski definition) is 3. The standard InChI is InChI=1S/C18H27NO3/c20-12-14-22-13-4-11-19-18(21)17-9-7-16(8-10-17)15-5-2-1-3-6-15/h1-3,5-6,16-17,20H,4,7-14H2,(H,19,21). The largest absolute Gasteiger partial charge is 0.394 e. The molecule has 1 aliphatic carbocycles. The fraction of sp³-hybridized carbons (Fsp3) is 0.611. The molecule has 0 bridgehead atoms. The van der Waals surface area contributed by atoms with Crippen molar-refractivity contribution in [2.45, 2.75) is 38.0 Å². The van der Waals surface area contributed by atoms with Gasteiger partial charge in [0.15, 0.2) is 0 Å². The minimum Gasteiger partial charge on any atom is -0.394 e. The van der Waals surface area contributed by atoms with Crippen molar-refractivity contribution < 1.29 is 14.6 Å². The van der Waals surface area contributed by atoms with E-state index in [4.69, 9.17) is 9.84 Å². The van der Waals surface area contributed by atoms with Gasteiger partial charge in [-0.25, -0.2) is 0 Å². The molecule has 2 N–H and O–H groups in total. The molecule has 4 nitrogen and oxygen atoms in total. The molecule has 0 radical (unpaired) electrons. The summed E-state index contributed by atoms with van der Waals surface area (Å²) in [5.74, 6) is 0.962. The molecule has 0 atom stereocenters. The minimum atomic E-state index is 0.0526. The molecule has 1 saturated carbocycles. The highest BCUT2D eigenvalue weighted by molar-refractivity contribution is 5.78. The Labute approximate surface area is 132 Å². The molecule has 4 heteroatoms. The van der Waals surface area contributed by atoms with Crippen molar-refractivity contribution in [3.63, 3.8) is 0 Å². The van der Waals surface area contributed by atoms with E-state index in [2.05, 4.69) is 29.6 Å². The highest BCUT2D eigenvalue weighted by atomic mass is 16.5. The number of aliphatic hydroxyl groups is 1. The van der Waals surface area contributed by atoms with E-state index in [1.807, 2.05) is 6.07 Å². The maximum Gasteiger partial charge on any atom is 0.223 e. The molecule has 1 aromatic rings. The van der Waals surface area contributed by atoms with Crippen LogP contribution in [0.2, 0.25) is 0 Å². The number of rotatable bonds is 8. The second-order valence-corrected chi connectivity index (χ2v) is 5.94. The average molecular weight is 305 g/mol. The van der Waals surface area contributed by atoms with Crippen molar-refractivity contribution >= 4 is 5.91 Å². The number of amides is 1. The first kappa shape index (κ1) is 17.0. The lowest BCUT2D eigenvalue weighted by Crippen LogP contribution is -2.33. The summed E-state index contributed by atoms with van der Waals surface area (Å²) in [4.78, 5) is 12.1. The van der Waals surface area contributed by atoms with Crippen LogP contribution in [0.1, 0.15) is 43.6 Å². The van der Waals surface area contributed by atoms with E-state index >= 15 is 0 Å². The number of benzene rings is 1. The first-order valence-corrected chi connectivity index (χ1v) is 8.32. The number of aliphatic hydroxyl groups excluding tert-OH is 1. The van der Waals surface area contributed by atoms with Gasteiger partial charge in [-0.05, 0) is 43.6 Å². The highest BCUT2D eigenvalue weighted by Crippen LogP contribution is 2.35. The molecule has 0 aromatic heterocycles. The molecule has 1 amide bonds. The van der Waals surface area contributed by atoms with Gasteiger partial charge in [0.25, 0.3) is 0 Å². The van der Waals surface area contributed by atoms with E-state index < -0.39 is 0 Å². The first-order valence-electron chi connectivity index (χ1n) is 8.32. The van der Waals surface area contributed by atoms with E-state index in [9.17, 15) is 4.79 Å². The second-order valence-electron chi connectivity index (χ2n) is 5.94. The van der Waals surface area contributed by atoms with Crippen molar-refractivity contribution in [1.82, 2.24) is 5.32 Å². The molecular weight excluding hydrogens is 278 g/mol. The fourth-order valence-electron chi connectivity index (χ4n) is 3.11. The molecule has 0 unspecified atom stereocenters. The van der Waals surface area contributed by atoms with E-state index in [1.54, 1.807) is 0 Å². The third-order valence-corrected chi connectivity index (χ3v) is 4.37. The number of hydrogen-bond donors (Lipinski definition) is 2. The third-order valence-electron chi connectivity index (χ3n) is 4.37. The van der Waals surface area contributed by atoms with Gasteiger partial charge in [-0.3, -0.25) is 4.79 Å². The van der Waals surface area contributed by atoms with Gasteiger partial charge < -0.3 is 15.2 Å². The second kappa shape index (κ2) is 9.59. The number of ether oxygens (including phenoxy) is 1. The molecule has 22 heavy (non-hydrogen) atoms. The monoisotopic (exact) mass is 305 g/mol. The van der Waals surface area contributed by atoms with Crippen LogP contribution in [0.25, 0.3) is 0 Å². The molecule has 2 rings (SSSR count). The number of nitrogens with one attached hydrogen (secondary N) is 1. The van der Waals surface area contributed by atoms with Gasteiger partial charge in [-0.1, -0.05) is 30.3 Å². The molecule has 0 spiro atoms. The van der Waals surface area contributed by atoms with Gasteiger partial charge in [0.2, 0.25) is 5.91 Å². The molecular formula is C18H27NO3. The number of carbonyl (C=O) groups is 1. The van der Waals surface area contributed by atoms with Gasteiger partial charge in [-0.2, -0.15) is 0 Å². The molecule has 122 valence electrons. The van der Waals surface area contributed by atoms with Gasteiger partial charge >= 0.3 is 0 Å². The Morgan fingerprint density at radius 3 is 2.55 bits per heavy atom. The lowest BCUT2D eigenvalue weighted by molar-refractivity contribution is -0.126. The molecule has 1 aromatic carbocycles. The van der Waals surface area contributed by atoms with Crippen molar-refractivity contribution in [3.05, 3.63) is 35.9 Å². The fourth-order valence-corrected chi connectivity index (χ4v) is 3.11. The van der Waals surface area contributed by atoms with Gasteiger partial charge in [-0.15, -0.1) is 0 Å². The van der Waals surface area contributed by atoms with E-state index in [1.165, 1.54) is 5.56 Å². The maximum absolute atomic E-state index is 12.1. The minimum absolute atomic E-state index is 0.0526. The van der Waals surface area contributed by atoms with Gasteiger partial charge in [0.05, 0.1) is 13.2 Å². The van der Waals surface area contributed by atoms with Gasteiger partial charge in [0, 0.05) is 19.1 Å². The Bertz CT molecular complexity index is 427. The summed E-state index contributed by atoms with van der Waals surface area (Å²) in [5, 5.41) is 11.6. The van der Waals surface area contributed by atoms with Crippen LogP contribution < -0.4 is 5.32 Å². The molecule has 0 heterocycles. The van der Waals surface area contributed by atoms with Crippen molar-refractivity contribution in [1.29, 1.82) is 0 Å². The summed E-state index contributed by atoms with van der Waals surface area (Å²) in [7, 11) is 0. The lowest BCUT2D eigenvalue weighted by atomic mass is 9.78. The first-order chi connectivity index (χ1) is 10.8. The zero-order valence-electron chi connectivity index (χ0n) is 13.2. The maximum atomic E-state index is 12.1. The van der Waals surface area contributed by atoms with Crippen molar-refractivity contribution in [2.24, 2.45) is 5.92 Å². The van der Waals surface area contributed by atoms with E-state index in [0.717, 1.165) is 32.1 Å². The Morgan fingerprint density at radius 2 is 1.86 bits per heavy atom. The van der Waals surface area contributed by atoms with Crippen molar-refractivity contribution in [3.8, 4) is 0 Å². The molecule has 1 fully saturated rings. The van der Waals surface area contributed by atoms with Crippen LogP contribution in [0.3, 0.4) is 0 Å². The quantitative estimate of drug-likeness (QED) is 0.725. The predicted octanol–water partition coefficient (Wildman–Crippen LogP) is 2.48. The topological polar surface area (TPSA) is 58.6 Å². The average Bonchev–Trinajstić information content (AvgIpc) is 2.59. The summed E-state index contributed by atoms with van der Waals surface area (Å²) in [6.45, 7) is 1.67. The lowest BCUT2D eigenvalue weighted by Gasteiger charge is -2.28. The van der Waals surface area contributed by atoms with E-state index in [0.29, 0.717) is 25.7 Å². The third kappa shape index (κ3) is 5.43. The summed E-state index contributed by atoms with van der Waals surface area (Å²) >= 11 is 0. The van der Waals surface area contributed by atoms with E-state index in [-0.39, 0.29) is 18.4 Å². The summed E-state index contributed by atoms with van der Waals surface area (Å²) in [5.41, 5.74) is 1.40. The van der Waals surface area contributed by atoms with Crippen LogP contribution >= 0.6 is 0 Å². The summed E-state index contributed by atoms with van der Waals surface area (Å²) in [6, 6.07) is 10.6. The summed E-state index contributed by atoms with van der Waals surface area (Å²) < 4.78 is 5.17. The molecule has 0 saturated heterocycles. The predicted molar refractivity (Wildman–Crippen MR) is 86.7 cm³/mol. The smallest absolute Gasteiger partial charge is 0.223 e. The molecule has 1 aliphatic rings. The summed E-state index contributed by atoms with van der Waals surface area (Å²) in [6.07, 6.45) is 4.95. The Hall–Kier alpha value is -1.39. The Balaban J connectivity index is 1.63. The van der Waals surface area contributed by atoms with Crippen LogP contribution in [0, 0.1) is 5.92 Å². The zero-order valence-corrected chi connectivity index (χ0v) is 13.2. The number of carbonyl (C=O) groups excluding carboxylic acids is 1. The van der Waals surface area contributed by atoms with Crippen LogP contribution in [0.4, 0.5) is 0 Å². The highest BCUT2D eigenvalue weighted by Gasteiger charge is 2.26. The normalized spacial score (nSPS) is 21.5. The van der Waals surface area contributed by atoms with Crippen LogP contribution in [-0.2, 0) is 9.53 Å². The Kier molecular flexibility index (Phi) is 7.40. The van der Waals surface area contributed by atoms with Crippen molar-refractivity contribution in [2.75, 3.05) is 26.4 Å². The zero-order chi connectivity index (χ0) is 15.6.